The van der Waals surface area contributed by atoms with Crippen LogP contribution in [0.4, 0.5) is 0 Å². The molecule has 1 amide bonds. The number of rotatable bonds is 6. The number of carbonyl (C=O) groups is 1. The van der Waals surface area contributed by atoms with E-state index in [4.69, 9.17) is 16.3 Å². The van der Waals surface area contributed by atoms with Crippen LogP contribution in [0, 0.1) is 5.92 Å². The van der Waals surface area contributed by atoms with Gasteiger partial charge in [0.1, 0.15) is 5.75 Å². The summed E-state index contributed by atoms with van der Waals surface area (Å²) in [5.41, 5.74) is 4.35. The lowest BCUT2D eigenvalue weighted by molar-refractivity contribution is -0.123. The molecule has 0 radical (unpaired) electrons. The molecule has 0 bridgehead atoms. The van der Waals surface area contributed by atoms with Crippen molar-refractivity contribution in [3.63, 3.8) is 0 Å². The Morgan fingerprint density at radius 3 is 2.39 bits per heavy atom. The fourth-order valence-corrected chi connectivity index (χ4v) is 2.10. The van der Waals surface area contributed by atoms with Crippen LogP contribution < -0.4 is 10.2 Å². The van der Waals surface area contributed by atoms with Gasteiger partial charge in [0.2, 0.25) is 0 Å². The third kappa shape index (κ3) is 5.42. The SMILES string of the molecule is CC(C)/C(=N\NC(=O)COc1ccc(Cl)cc1)c1ccccc1. The Kier molecular flexibility index (Phi) is 6.18. The van der Waals surface area contributed by atoms with Crippen LogP contribution in [0.2, 0.25) is 5.02 Å². The molecule has 0 aliphatic carbocycles. The van der Waals surface area contributed by atoms with E-state index in [0.717, 1.165) is 11.3 Å². The minimum absolute atomic E-state index is 0.106. The highest BCUT2D eigenvalue weighted by molar-refractivity contribution is 6.30. The second-order valence-electron chi connectivity index (χ2n) is 5.30. The second kappa shape index (κ2) is 8.34. The van der Waals surface area contributed by atoms with Crippen LogP contribution in [0.15, 0.2) is 59.7 Å². The summed E-state index contributed by atoms with van der Waals surface area (Å²) in [6.07, 6.45) is 0. The maximum atomic E-state index is 11.9. The van der Waals surface area contributed by atoms with Gasteiger partial charge in [-0.1, -0.05) is 55.8 Å². The molecule has 0 saturated carbocycles. The summed E-state index contributed by atoms with van der Waals surface area (Å²) in [6, 6.07) is 16.6. The van der Waals surface area contributed by atoms with E-state index in [1.807, 2.05) is 44.2 Å². The molecular formula is C18H19ClN2O2. The number of benzene rings is 2. The maximum Gasteiger partial charge on any atom is 0.277 e. The number of nitrogens with zero attached hydrogens (tertiary/aromatic N) is 1. The molecule has 0 unspecified atom stereocenters. The normalized spacial score (nSPS) is 11.4. The molecule has 0 saturated heterocycles. The molecular weight excluding hydrogens is 312 g/mol. The first-order valence-corrected chi connectivity index (χ1v) is 7.74. The monoisotopic (exact) mass is 330 g/mol. The van der Waals surface area contributed by atoms with E-state index in [1.165, 1.54) is 0 Å². The van der Waals surface area contributed by atoms with Crippen LogP contribution in [0.3, 0.4) is 0 Å². The van der Waals surface area contributed by atoms with Gasteiger partial charge in [-0.15, -0.1) is 0 Å². The van der Waals surface area contributed by atoms with Crippen LogP contribution in [0.5, 0.6) is 5.75 Å². The summed E-state index contributed by atoms with van der Waals surface area (Å²) in [5, 5.41) is 4.86. The second-order valence-corrected chi connectivity index (χ2v) is 5.73. The van der Waals surface area contributed by atoms with Gasteiger partial charge in [0.15, 0.2) is 6.61 Å². The zero-order valence-corrected chi connectivity index (χ0v) is 13.9. The summed E-state index contributed by atoms with van der Waals surface area (Å²) in [4.78, 5) is 11.9. The largest absolute Gasteiger partial charge is 0.484 e. The first-order valence-electron chi connectivity index (χ1n) is 7.36. The van der Waals surface area contributed by atoms with Gasteiger partial charge in [0, 0.05) is 5.02 Å². The van der Waals surface area contributed by atoms with Crippen LogP contribution in [0.1, 0.15) is 19.4 Å². The van der Waals surface area contributed by atoms with Gasteiger partial charge in [-0.2, -0.15) is 5.10 Å². The average molecular weight is 331 g/mol. The van der Waals surface area contributed by atoms with Gasteiger partial charge in [-0.25, -0.2) is 5.43 Å². The minimum atomic E-state index is -0.311. The first kappa shape index (κ1) is 17.0. The fourth-order valence-electron chi connectivity index (χ4n) is 1.97. The van der Waals surface area contributed by atoms with E-state index < -0.39 is 0 Å². The van der Waals surface area contributed by atoms with Crippen LogP contribution in [0.25, 0.3) is 0 Å². The Balaban J connectivity index is 1.94. The number of ether oxygens (including phenoxy) is 1. The van der Waals surface area contributed by atoms with E-state index >= 15 is 0 Å². The molecule has 0 heterocycles. The molecule has 1 N–H and O–H groups in total. The number of hydrogen-bond acceptors (Lipinski definition) is 3. The van der Waals surface area contributed by atoms with Crippen molar-refractivity contribution in [1.29, 1.82) is 0 Å². The van der Waals surface area contributed by atoms with Crippen molar-refractivity contribution in [2.45, 2.75) is 13.8 Å². The standard InChI is InChI=1S/C18H19ClN2O2/c1-13(2)18(14-6-4-3-5-7-14)21-20-17(22)12-23-16-10-8-15(19)9-11-16/h3-11,13H,12H2,1-2H3,(H,20,22)/b21-18+. The molecule has 0 fully saturated rings. The Morgan fingerprint density at radius 2 is 1.78 bits per heavy atom. The van der Waals surface area contributed by atoms with E-state index in [9.17, 15) is 4.79 Å². The maximum absolute atomic E-state index is 11.9. The van der Waals surface area contributed by atoms with E-state index in [2.05, 4.69) is 10.5 Å². The van der Waals surface area contributed by atoms with Crippen LogP contribution in [-0.4, -0.2) is 18.2 Å². The van der Waals surface area contributed by atoms with Gasteiger partial charge < -0.3 is 4.74 Å². The number of halogens is 1. The summed E-state index contributed by atoms with van der Waals surface area (Å²) in [6.45, 7) is 3.95. The van der Waals surface area contributed by atoms with Crippen LogP contribution in [-0.2, 0) is 4.79 Å². The van der Waals surface area contributed by atoms with E-state index in [0.29, 0.717) is 10.8 Å². The Bertz CT molecular complexity index is 667. The lowest BCUT2D eigenvalue weighted by Gasteiger charge is -2.11. The molecule has 4 nitrogen and oxygen atoms in total. The third-order valence-corrected chi connectivity index (χ3v) is 3.35. The van der Waals surface area contributed by atoms with Crippen molar-refractivity contribution >= 4 is 23.2 Å². The zero-order valence-electron chi connectivity index (χ0n) is 13.1. The number of amides is 1. The topological polar surface area (TPSA) is 50.7 Å². The van der Waals surface area contributed by atoms with Crippen molar-refractivity contribution in [1.82, 2.24) is 5.43 Å². The molecule has 2 aromatic carbocycles. The van der Waals surface area contributed by atoms with Gasteiger partial charge >= 0.3 is 0 Å². The van der Waals surface area contributed by atoms with E-state index in [1.54, 1.807) is 24.3 Å². The van der Waals surface area contributed by atoms with Gasteiger partial charge in [-0.05, 0) is 35.7 Å². The van der Waals surface area contributed by atoms with Gasteiger partial charge in [0.25, 0.3) is 5.91 Å². The van der Waals surface area contributed by atoms with Gasteiger partial charge in [-0.3, -0.25) is 4.79 Å². The number of hydrazone groups is 1. The molecule has 0 aromatic heterocycles. The molecule has 5 heteroatoms. The first-order chi connectivity index (χ1) is 11.1. The molecule has 2 aromatic rings. The number of hydrogen-bond donors (Lipinski definition) is 1. The smallest absolute Gasteiger partial charge is 0.277 e. The molecule has 0 aliphatic heterocycles. The molecule has 0 spiro atoms. The highest BCUT2D eigenvalue weighted by atomic mass is 35.5. The Labute approximate surface area is 141 Å². The zero-order chi connectivity index (χ0) is 16.7. The molecule has 23 heavy (non-hydrogen) atoms. The van der Waals surface area contributed by atoms with Crippen molar-refractivity contribution in [3.05, 3.63) is 65.2 Å². The van der Waals surface area contributed by atoms with Crippen molar-refractivity contribution in [3.8, 4) is 5.75 Å². The van der Waals surface area contributed by atoms with Crippen LogP contribution >= 0.6 is 11.6 Å². The average Bonchev–Trinajstić information content (AvgIpc) is 2.55. The highest BCUT2D eigenvalue weighted by Gasteiger charge is 2.09. The lowest BCUT2D eigenvalue weighted by Crippen LogP contribution is -2.27. The molecule has 0 aliphatic rings. The number of carbonyl (C=O) groups excluding carboxylic acids is 1. The van der Waals surface area contributed by atoms with Gasteiger partial charge in [0.05, 0.1) is 5.71 Å². The van der Waals surface area contributed by atoms with Crippen molar-refractivity contribution in [2.75, 3.05) is 6.61 Å². The molecule has 2 rings (SSSR count). The molecule has 0 atom stereocenters. The Hall–Kier alpha value is -2.33. The molecule has 120 valence electrons. The predicted octanol–water partition coefficient (Wildman–Crippen LogP) is 3.90. The summed E-state index contributed by atoms with van der Waals surface area (Å²) >= 11 is 5.79. The minimum Gasteiger partial charge on any atom is -0.484 e. The fraction of sp³-hybridized carbons (Fsp3) is 0.222. The summed E-state index contributed by atoms with van der Waals surface area (Å²) < 4.78 is 5.38. The predicted molar refractivity (Wildman–Crippen MR) is 92.9 cm³/mol. The lowest BCUT2D eigenvalue weighted by atomic mass is 10.0. The van der Waals surface area contributed by atoms with Crippen molar-refractivity contribution < 1.29 is 9.53 Å². The number of nitrogens with one attached hydrogen (secondary N) is 1. The van der Waals surface area contributed by atoms with E-state index in [-0.39, 0.29) is 18.4 Å². The quantitative estimate of drug-likeness (QED) is 0.645. The highest BCUT2D eigenvalue weighted by Crippen LogP contribution is 2.15. The third-order valence-electron chi connectivity index (χ3n) is 3.10. The Morgan fingerprint density at radius 1 is 1.13 bits per heavy atom. The van der Waals surface area contributed by atoms with Crippen molar-refractivity contribution in [2.24, 2.45) is 11.0 Å². The summed E-state index contributed by atoms with van der Waals surface area (Å²) in [5.74, 6) is 0.463. The summed E-state index contributed by atoms with van der Waals surface area (Å²) in [7, 11) is 0.